The number of benzene rings is 1. The molecule has 0 radical (unpaired) electrons. The molecule has 9 heteroatoms. The quantitative estimate of drug-likeness (QED) is 0.608. The fraction of sp³-hybridized carbons (Fsp3) is 0.556. The van der Waals surface area contributed by atoms with Gasteiger partial charge in [0, 0.05) is 30.0 Å². The van der Waals surface area contributed by atoms with Crippen LogP contribution < -0.4 is 10.6 Å². The van der Waals surface area contributed by atoms with E-state index in [4.69, 9.17) is 0 Å². The summed E-state index contributed by atoms with van der Waals surface area (Å²) in [6.07, 6.45) is 2.01. The molecule has 0 saturated carbocycles. The van der Waals surface area contributed by atoms with Crippen molar-refractivity contribution in [3.8, 4) is 0 Å². The highest BCUT2D eigenvalue weighted by Crippen LogP contribution is 2.26. The lowest BCUT2D eigenvalue weighted by Gasteiger charge is -2.33. The Morgan fingerprint density at radius 3 is 2.41 bits per heavy atom. The van der Waals surface area contributed by atoms with Gasteiger partial charge in [0.25, 0.3) is 0 Å². The Labute approximate surface area is 169 Å². The normalized spacial score (nSPS) is 18.3. The van der Waals surface area contributed by atoms with Crippen molar-refractivity contribution in [1.29, 1.82) is 0 Å². The third kappa shape index (κ3) is 5.76. The molecule has 1 aliphatic rings. The van der Waals surface area contributed by atoms with E-state index < -0.39 is 16.1 Å². The van der Waals surface area contributed by atoms with Crippen LogP contribution in [0.2, 0.25) is 0 Å². The van der Waals surface area contributed by atoms with E-state index in [9.17, 15) is 18.0 Å². The molecule has 0 aliphatic carbocycles. The van der Waals surface area contributed by atoms with Gasteiger partial charge in [0.2, 0.25) is 21.8 Å². The lowest BCUT2D eigenvalue weighted by molar-refractivity contribution is -0.126. The van der Waals surface area contributed by atoms with Crippen LogP contribution in [0.3, 0.4) is 0 Å². The van der Waals surface area contributed by atoms with Crippen molar-refractivity contribution in [2.24, 2.45) is 5.92 Å². The summed E-state index contributed by atoms with van der Waals surface area (Å²) >= 11 is 3.30. The third-order valence-electron chi connectivity index (χ3n) is 4.42. The minimum absolute atomic E-state index is 0.0821. The molecule has 27 heavy (non-hydrogen) atoms. The lowest BCUT2D eigenvalue weighted by Crippen LogP contribution is -2.52. The van der Waals surface area contributed by atoms with Crippen molar-refractivity contribution in [1.82, 2.24) is 14.9 Å². The highest BCUT2D eigenvalue weighted by Gasteiger charge is 2.37. The van der Waals surface area contributed by atoms with E-state index in [1.807, 2.05) is 0 Å². The average molecular weight is 460 g/mol. The van der Waals surface area contributed by atoms with Crippen LogP contribution in [0.25, 0.3) is 0 Å². The largest absolute Gasteiger partial charge is 0.354 e. The summed E-state index contributed by atoms with van der Waals surface area (Å²) in [6.45, 7) is 4.48. The van der Waals surface area contributed by atoms with Gasteiger partial charge in [0.1, 0.15) is 6.04 Å². The number of carbonyl (C=O) groups excluding carboxylic acids is 2. The standard InChI is InChI=1S/C18H26BrN3O4S/c1-13(2)17(23)20-10-11-21-18(24)16-5-3-4-12-22(16)27(25,26)15-8-6-14(19)7-9-15/h6-9,13,16H,3-5,10-12H2,1-2H3,(H,20,23)(H,21,24). The molecule has 1 aliphatic heterocycles. The zero-order valence-electron chi connectivity index (χ0n) is 15.6. The van der Waals surface area contributed by atoms with Crippen LogP contribution in [-0.4, -0.2) is 50.2 Å². The highest BCUT2D eigenvalue weighted by atomic mass is 79.9. The third-order valence-corrected chi connectivity index (χ3v) is 6.88. The number of halogens is 1. The predicted molar refractivity (Wildman–Crippen MR) is 107 cm³/mol. The van der Waals surface area contributed by atoms with Crippen molar-refractivity contribution in [3.05, 3.63) is 28.7 Å². The van der Waals surface area contributed by atoms with Gasteiger partial charge in [-0.25, -0.2) is 8.42 Å². The smallest absolute Gasteiger partial charge is 0.243 e. The molecule has 1 aromatic carbocycles. The maximum absolute atomic E-state index is 13.0. The van der Waals surface area contributed by atoms with Crippen LogP contribution in [0.1, 0.15) is 33.1 Å². The first-order valence-corrected chi connectivity index (χ1v) is 11.3. The molecule has 0 aromatic heterocycles. The molecule has 7 nitrogen and oxygen atoms in total. The van der Waals surface area contributed by atoms with E-state index in [1.54, 1.807) is 26.0 Å². The summed E-state index contributed by atoms with van der Waals surface area (Å²) < 4.78 is 28.0. The van der Waals surface area contributed by atoms with E-state index in [2.05, 4.69) is 26.6 Å². The molecule has 2 N–H and O–H groups in total. The van der Waals surface area contributed by atoms with Crippen LogP contribution >= 0.6 is 15.9 Å². The molecule has 0 spiro atoms. The monoisotopic (exact) mass is 459 g/mol. The van der Waals surface area contributed by atoms with Gasteiger partial charge in [-0.3, -0.25) is 9.59 Å². The van der Waals surface area contributed by atoms with Crippen LogP contribution in [0.4, 0.5) is 0 Å². The van der Waals surface area contributed by atoms with Gasteiger partial charge >= 0.3 is 0 Å². The van der Waals surface area contributed by atoms with Crippen molar-refractivity contribution in [2.75, 3.05) is 19.6 Å². The van der Waals surface area contributed by atoms with E-state index >= 15 is 0 Å². The van der Waals surface area contributed by atoms with Gasteiger partial charge in [-0.2, -0.15) is 4.31 Å². The molecule has 1 atom stereocenters. The first-order chi connectivity index (χ1) is 12.7. The Bertz CT molecular complexity index is 765. The molecule has 0 bridgehead atoms. The topological polar surface area (TPSA) is 95.6 Å². The lowest BCUT2D eigenvalue weighted by atomic mass is 10.0. The molecule has 2 amide bonds. The molecule has 1 fully saturated rings. The van der Waals surface area contributed by atoms with E-state index in [-0.39, 0.29) is 29.2 Å². The zero-order valence-corrected chi connectivity index (χ0v) is 18.0. The summed E-state index contributed by atoms with van der Waals surface area (Å²) in [6, 6.07) is 5.68. The number of carbonyl (C=O) groups is 2. The zero-order chi connectivity index (χ0) is 20.0. The number of nitrogens with zero attached hydrogens (tertiary/aromatic N) is 1. The molecule has 1 unspecified atom stereocenters. The van der Waals surface area contributed by atoms with E-state index in [1.165, 1.54) is 16.4 Å². The van der Waals surface area contributed by atoms with Gasteiger partial charge < -0.3 is 10.6 Å². The van der Waals surface area contributed by atoms with Crippen molar-refractivity contribution >= 4 is 37.8 Å². The van der Waals surface area contributed by atoms with Gasteiger partial charge in [0.05, 0.1) is 4.90 Å². The average Bonchev–Trinajstić information content (AvgIpc) is 2.65. The predicted octanol–water partition coefficient (Wildman–Crippen LogP) is 1.88. The molecule has 150 valence electrons. The van der Waals surface area contributed by atoms with Crippen LogP contribution in [0.15, 0.2) is 33.6 Å². The second kappa shape index (κ2) is 9.66. The Morgan fingerprint density at radius 1 is 1.15 bits per heavy atom. The van der Waals surface area contributed by atoms with Crippen LogP contribution in [-0.2, 0) is 19.6 Å². The summed E-state index contributed by atoms with van der Waals surface area (Å²) in [7, 11) is -3.75. The Balaban J connectivity index is 2.02. The maximum Gasteiger partial charge on any atom is 0.243 e. The first kappa shape index (κ1) is 21.8. The van der Waals surface area contributed by atoms with Gasteiger partial charge in [0.15, 0.2) is 0 Å². The summed E-state index contributed by atoms with van der Waals surface area (Å²) in [5.74, 6) is -0.527. The minimum atomic E-state index is -3.75. The number of sulfonamides is 1. The maximum atomic E-state index is 13.0. The number of hydrogen-bond donors (Lipinski definition) is 2. The Morgan fingerprint density at radius 2 is 1.78 bits per heavy atom. The first-order valence-electron chi connectivity index (χ1n) is 9.06. The molecule has 1 heterocycles. The second-order valence-corrected chi connectivity index (χ2v) is 9.62. The molecule has 2 rings (SSSR count). The number of piperidine rings is 1. The molecular weight excluding hydrogens is 434 g/mol. The fourth-order valence-electron chi connectivity index (χ4n) is 2.89. The van der Waals surface area contributed by atoms with E-state index in [0.29, 0.717) is 19.5 Å². The Hall–Kier alpha value is -1.45. The minimum Gasteiger partial charge on any atom is -0.354 e. The number of hydrogen-bond acceptors (Lipinski definition) is 4. The summed E-state index contributed by atoms with van der Waals surface area (Å²) in [5, 5.41) is 5.47. The van der Waals surface area contributed by atoms with E-state index in [0.717, 1.165) is 17.3 Å². The molecule has 1 aromatic rings. The van der Waals surface area contributed by atoms with Crippen LogP contribution in [0.5, 0.6) is 0 Å². The molecule has 1 saturated heterocycles. The van der Waals surface area contributed by atoms with Crippen molar-refractivity contribution in [2.45, 2.75) is 44.0 Å². The number of rotatable bonds is 7. The summed E-state index contributed by atoms with van der Waals surface area (Å²) in [5.41, 5.74) is 0. The van der Waals surface area contributed by atoms with Crippen molar-refractivity contribution in [3.63, 3.8) is 0 Å². The second-order valence-electron chi connectivity index (χ2n) is 6.82. The summed E-state index contributed by atoms with van der Waals surface area (Å²) in [4.78, 5) is 24.3. The van der Waals surface area contributed by atoms with Crippen molar-refractivity contribution < 1.29 is 18.0 Å². The number of nitrogens with one attached hydrogen (secondary N) is 2. The SMILES string of the molecule is CC(C)C(=O)NCCNC(=O)C1CCCCN1S(=O)(=O)c1ccc(Br)cc1. The van der Waals surface area contributed by atoms with Gasteiger partial charge in [-0.1, -0.05) is 36.2 Å². The fourth-order valence-corrected chi connectivity index (χ4v) is 4.81. The highest BCUT2D eigenvalue weighted by molar-refractivity contribution is 9.10. The molecular formula is C18H26BrN3O4S. The van der Waals surface area contributed by atoms with Crippen LogP contribution in [0, 0.1) is 5.92 Å². The Kier molecular flexibility index (Phi) is 7.81. The number of amides is 2. The van der Waals surface area contributed by atoms with Gasteiger partial charge in [-0.05, 0) is 37.1 Å². The van der Waals surface area contributed by atoms with Gasteiger partial charge in [-0.15, -0.1) is 0 Å².